The maximum absolute atomic E-state index is 12.5. The van der Waals surface area contributed by atoms with Gasteiger partial charge in [0.25, 0.3) is 10.1 Å². The fourth-order valence-corrected chi connectivity index (χ4v) is 4.34. The van der Waals surface area contributed by atoms with Crippen molar-refractivity contribution in [2.45, 2.75) is 81.3 Å². The van der Waals surface area contributed by atoms with E-state index in [0.29, 0.717) is 0 Å². The molecule has 3 rings (SSSR count). The van der Waals surface area contributed by atoms with Crippen LogP contribution in [-0.2, 0) is 19.6 Å². The van der Waals surface area contributed by atoms with E-state index in [4.69, 9.17) is 9.47 Å². The zero-order chi connectivity index (χ0) is 20.1. The van der Waals surface area contributed by atoms with E-state index in [1.54, 1.807) is 0 Å². The molecule has 0 aliphatic heterocycles. The Labute approximate surface area is 211 Å². The minimum absolute atomic E-state index is 0. The molecule has 2 aliphatic rings. The monoisotopic (exact) mass is 550 g/mol. The van der Waals surface area contributed by atoms with Crippen molar-refractivity contribution in [1.29, 1.82) is 0 Å². The van der Waals surface area contributed by atoms with Crippen molar-refractivity contribution >= 4 is 70.9 Å². The van der Waals surface area contributed by atoms with Gasteiger partial charge in [-0.15, -0.1) is 0 Å². The van der Waals surface area contributed by atoms with Gasteiger partial charge in [-0.2, -0.15) is 8.42 Å². The number of benzene rings is 1. The molecule has 0 radical (unpaired) electrons. The van der Waals surface area contributed by atoms with E-state index in [9.17, 15) is 22.6 Å². The van der Waals surface area contributed by atoms with Crippen LogP contribution in [0.4, 0.5) is 0 Å². The van der Waals surface area contributed by atoms with Gasteiger partial charge in [0.1, 0.15) is 12.2 Å². The summed E-state index contributed by atoms with van der Waals surface area (Å²) < 4.78 is 43.6. The summed E-state index contributed by atoms with van der Waals surface area (Å²) in [5.74, 6) is -1.41. The first kappa shape index (κ1) is 24.9. The third kappa shape index (κ3) is 7.37. The van der Waals surface area contributed by atoms with Crippen LogP contribution >= 0.6 is 0 Å². The Morgan fingerprint density at radius 1 is 0.759 bits per heavy atom. The molecule has 1 aromatic rings. The number of hydrogen-bond acceptors (Lipinski definition) is 6. The Morgan fingerprint density at radius 3 is 1.48 bits per heavy atom. The van der Waals surface area contributed by atoms with Crippen molar-refractivity contribution < 1.29 is 32.0 Å². The number of rotatable bonds is 5. The van der Waals surface area contributed by atoms with Crippen molar-refractivity contribution in [3.63, 3.8) is 0 Å². The second-order valence-corrected chi connectivity index (χ2v) is 8.97. The van der Waals surface area contributed by atoms with Crippen molar-refractivity contribution in [3.8, 4) is 0 Å². The van der Waals surface area contributed by atoms with Gasteiger partial charge in [-0.25, -0.2) is 9.59 Å². The molecule has 1 aromatic carbocycles. The number of carbonyl (C=O) groups excluding carboxylic acids is 2. The molecule has 2 aliphatic carbocycles. The number of hydrogen-bond donors (Lipinski definition) is 1. The Hall–Kier alpha value is -0.359. The Balaban J connectivity index is 0.00000300. The molecule has 7 nitrogen and oxygen atoms in total. The van der Waals surface area contributed by atoms with E-state index in [2.05, 4.69) is 0 Å². The summed E-state index contributed by atoms with van der Waals surface area (Å²) in [5, 5.41) is 0. The first-order valence-electron chi connectivity index (χ1n) is 9.87. The van der Waals surface area contributed by atoms with Gasteiger partial charge in [-0.05, 0) is 69.6 Å². The van der Waals surface area contributed by atoms with E-state index in [1.807, 2.05) is 0 Å². The van der Waals surface area contributed by atoms with Gasteiger partial charge in [-0.1, -0.05) is 12.8 Å². The average molecular weight is 550 g/mol. The van der Waals surface area contributed by atoms with E-state index in [1.165, 1.54) is 6.07 Å². The summed E-state index contributed by atoms with van der Waals surface area (Å²) in [7, 11) is -4.60. The van der Waals surface area contributed by atoms with Crippen molar-refractivity contribution in [2.24, 2.45) is 0 Å². The molecule has 0 atom stereocenters. The molecule has 0 heterocycles. The van der Waals surface area contributed by atoms with E-state index >= 15 is 0 Å². The first-order chi connectivity index (χ1) is 13.3. The van der Waals surface area contributed by atoms with Crippen LogP contribution in [-0.4, -0.2) is 86.0 Å². The molecule has 0 unspecified atom stereocenters. The molecule has 0 amide bonds. The second-order valence-electron chi connectivity index (χ2n) is 7.55. The van der Waals surface area contributed by atoms with Gasteiger partial charge in [0, 0.05) is 0 Å². The summed E-state index contributed by atoms with van der Waals surface area (Å²) >= 11 is 0. The molecule has 158 valence electrons. The van der Waals surface area contributed by atoms with E-state index in [-0.39, 0.29) is 72.2 Å². The molecule has 0 spiro atoms. The fraction of sp³-hybridized carbons (Fsp3) is 0.600. The molecular weight excluding hydrogens is 522 g/mol. The number of ether oxygens (including phenoxy) is 2. The van der Waals surface area contributed by atoms with Crippen LogP contribution < -0.4 is 0 Å². The Bertz CT molecular complexity index is 775. The molecule has 0 aromatic heterocycles. The minimum atomic E-state index is -4.60. The van der Waals surface area contributed by atoms with Gasteiger partial charge in [0.2, 0.25) is 0 Å². The maximum atomic E-state index is 12.5. The number of esters is 2. The summed E-state index contributed by atoms with van der Waals surface area (Å²) in [5.41, 5.74) is -0.174. The van der Waals surface area contributed by atoms with Crippen LogP contribution in [0.1, 0.15) is 84.9 Å². The topological polar surface area (TPSA) is 107 Å². The summed E-state index contributed by atoms with van der Waals surface area (Å²) in [6, 6.07) is 3.32. The molecule has 0 saturated heterocycles. The quantitative estimate of drug-likeness (QED) is 0.342. The average Bonchev–Trinajstić information content (AvgIpc) is 2.68. The van der Waals surface area contributed by atoms with Crippen LogP contribution in [0.2, 0.25) is 0 Å². The standard InChI is InChI=1S/C20H26O7S.Ba.2H/c21-19(26-16-7-3-1-4-8-16)14-11-15(13-18(12-14)28(23,24)25)20(22)27-17-9-5-2-6-10-17;;;/h11-13,16-17H,1-10H2,(H,23,24,25);;;. The SMILES string of the molecule is O=C(OC1CCCCC1)c1cc(C(=O)OC2CCCCC2)cc(S(=O)(=O)O)c1.[BaH2]. The molecule has 9 heteroatoms. The van der Waals surface area contributed by atoms with E-state index < -0.39 is 27.0 Å². The normalized spacial score (nSPS) is 18.5. The third-order valence-corrected chi connectivity index (χ3v) is 6.16. The second kappa shape index (κ2) is 11.3. The summed E-state index contributed by atoms with van der Waals surface area (Å²) in [4.78, 5) is 24.5. The Kier molecular flexibility index (Phi) is 9.72. The molecular formula is C20H28BaO7S. The zero-order valence-corrected chi connectivity index (χ0v) is 16.6. The van der Waals surface area contributed by atoms with Gasteiger partial charge >= 0.3 is 60.8 Å². The van der Waals surface area contributed by atoms with Crippen LogP contribution in [0.3, 0.4) is 0 Å². The summed E-state index contributed by atoms with van der Waals surface area (Å²) in [6.07, 6.45) is 8.73. The van der Waals surface area contributed by atoms with Crippen LogP contribution in [0.25, 0.3) is 0 Å². The fourth-order valence-electron chi connectivity index (χ4n) is 3.79. The molecule has 2 saturated carbocycles. The van der Waals surface area contributed by atoms with Crippen LogP contribution in [0.15, 0.2) is 23.1 Å². The molecule has 29 heavy (non-hydrogen) atoms. The first-order valence-corrected chi connectivity index (χ1v) is 11.3. The zero-order valence-electron chi connectivity index (χ0n) is 15.8. The van der Waals surface area contributed by atoms with Crippen LogP contribution in [0, 0.1) is 0 Å². The van der Waals surface area contributed by atoms with E-state index in [0.717, 1.165) is 76.3 Å². The van der Waals surface area contributed by atoms with Gasteiger partial charge in [0.05, 0.1) is 16.0 Å². The van der Waals surface area contributed by atoms with Gasteiger partial charge < -0.3 is 9.47 Å². The molecule has 0 bridgehead atoms. The van der Waals surface area contributed by atoms with Gasteiger partial charge in [0.15, 0.2) is 0 Å². The molecule has 2 fully saturated rings. The van der Waals surface area contributed by atoms with Gasteiger partial charge in [-0.3, -0.25) is 4.55 Å². The predicted molar refractivity (Wildman–Crippen MR) is 109 cm³/mol. The van der Waals surface area contributed by atoms with Crippen LogP contribution in [0.5, 0.6) is 0 Å². The van der Waals surface area contributed by atoms with Crippen molar-refractivity contribution in [2.75, 3.05) is 0 Å². The predicted octanol–water partition coefficient (Wildman–Crippen LogP) is 3.00. The summed E-state index contributed by atoms with van der Waals surface area (Å²) in [6.45, 7) is 0. The number of carbonyl (C=O) groups is 2. The molecule has 1 N–H and O–H groups in total. The van der Waals surface area contributed by atoms with Crippen molar-refractivity contribution in [3.05, 3.63) is 29.3 Å². The van der Waals surface area contributed by atoms with Crippen molar-refractivity contribution in [1.82, 2.24) is 0 Å². The third-order valence-electron chi connectivity index (χ3n) is 5.33. The Morgan fingerprint density at radius 2 is 1.14 bits per heavy atom.